The fraction of sp³-hybridized carbons (Fsp3) is 1.00. The zero-order valence-corrected chi connectivity index (χ0v) is 11.3. The standard InChI is InChI=1S/C11H21OPS/c1-8-5-6-9-10(7-8)12-13(4)14-11(9,2)3/h8-10H,5-7H2,1-4H3. The van der Waals surface area contributed by atoms with E-state index in [4.69, 9.17) is 4.52 Å². The lowest BCUT2D eigenvalue weighted by Crippen LogP contribution is -2.44. The molecule has 1 heterocycles. The highest BCUT2D eigenvalue weighted by Crippen LogP contribution is 2.64. The van der Waals surface area contributed by atoms with E-state index in [2.05, 4.69) is 38.8 Å². The predicted octanol–water partition coefficient (Wildman–Crippen LogP) is 4.27. The van der Waals surface area contributed by atoms with Gasteiger partial charge in [-0.05, 0) is 39.3 Å². The van der Waals surface area contributed by atoms with Crippen LogP contribution in [0.15, 0.2) is 0 Å². The van der Waals surface area contributed by atoms with Crippen molar-refractivity contribution < 1.29 is 4.52 Å². The largest absolute Gasteiger partial charge is 0.345 e. The zero-order chi connectivity index (χ0) is 10.3. The molecule has 0 aromatic heterocycles. The molecule has 1 aliphatic carbocycles. The van der Waals surface area contributed by atoms with Gasteiger partial charge in [0.15, 0.2) is 0 Å². The maximum absolute atomic E-state index is 6.12. The van der Waals surface area contributed by atoms with Crippen LogP contribution in [0.1, 0.15) is 40.0 Å². The quantitative estimate of drug-likeness (QED) is 0.577. The van der Waals surface area contributed by atoms with E-state index in [0.29, 0.717) is 10.9 Å². The Morgan fingerprint density at radius 3 is 2.79 bits per heavy atom. The molecule has 0 amide bonds. The number of rotatable bonds is 0. The third-order valence-electron chi connectivity index (χ3n) is 3.59. The predicted molar refractivity (Wildman–Crippen MR) is 65.9 cm³/mol. The van der Waals surface area contributed by atoms with E-state index in [1.807, 2.05) is 0 Å². The SMILES string of the molecule is CC1CCC2C(C1)OP(C)SC2(C)C. The molecule has 2 fully saturated rings. The van der Waals surface area contributed by atoms with Crippen LogP contribution in [-0.2, 0) is 4.52 Å². The van der Waals surface area contributed by atoms with Crippen molar-refractivity contribution in [1.82, 2.24) is 0 Å². The highest BCUT2D eigenvalue weighted by molar-refractivity contribution is 8.54. The zero-order valence-electron chi connectivity index (χ0n) is 9.62. The van der Waals surface area contributed by atoms with E-state index in [9.17, 15) is 0 Å². The Labute approximate surface area is 92.9 Å². The van der Waals surface area contributed by atoms with Crippen LogP contribution in [0.25, 0.3) is 0 Å². The van der Waals surface area contributed by atoms with Crippen molar-refractivity contribution in [2.75, 3.05) is 6.66 Å². The molecule has 0 N–H and O–H groups in total. The molecule has 0 radical (unpaired) electrons. The Morgan fingerprint density at radius 1 is 1.36 bits per heavy atom. The summed E-state index contributed by atoms with van der Waals surface area (Å²) in [6, 6.07) is 0. The van der Waals surface area contributed by atoms with Gasteiger partial charge in [0.1, 0.15) is 0 Å². The van der Waals surface area contributed by atoms with Gasteiger partial charge in [-0.15, -0.1) is 0 Å². The molecule has 4 unspecified atom stereocenters. The van der Waals surface area contributed by atoms with Gasteiger partial charge in [0, 0.05) is 10.7 Å². The van der Waals surface area contributed by atoms with Crippen molar-refractivity contribution in [3.63, 3.8) is 0 Å². The van der Waals surface area contributed by atoms with Crippen molar-refractivity contribution >= 4 is 18.7 Å². The Bertz CT molecular complexity index is 217. The van der Waals surface area contributed by atoms with Crippen LogP contribution in [0.3, 0.4) is 0 Å². The van der Waals surface area contributed by atoms with Gasteiger partial charge in [-0.1, -0.05) is 24.7 Å². The van der Waals surface area contributed by atoms with Crippen molar-refractivity contribution in [1.29, 1.82) is 0 Å². The molecule has 2 rings (SSSR count). The van der Waals surface area contributed by atoms with E-state index in [0.717, 1.165) is 11.8 Å². The molecule has 0 bridgehead atoms. The molecule has 4 atom stereocenters. The minimum atomic E-state index is -0.226. The van der Waals surface area contributed by atoms with Crippen LogP contribution >= 0.6 is 18.7 Å². The fourth-order valence-corrected chi connectivity index (χ4v) is 7.43. The summed E-state index contributed by atoms with van der Waals surface area (Å²) in [4.78, 5) is 0. The summed E-state index contributed by atoms with van der Waals surface area (Å²) < 4.78 is 6.57. The first kappa shape index (κ1) is 11.2. The normalized spacial score (nSPS) is 47.1. The summed E-state index contributed by atoms with van der Waals surface area (Å²) in [5, 5.41) is 0. The molecule has 1 saturated carbocycles. The Kier molecular flexibility index (Phi) is 3.17. The lowest BCUT2D eigenvalue weighted by atomic mass is 9.75. The molecule has 2 aliphatic rings. The third kappa shape index (κ3) is 2.13. The van der Waals surface area contributed by atoms with E-state index >= 15 is 0 Å². The monoisotopic (exact) mass is 232 g/mol. The third-order valence-corrected chi connectivity index (χ3v) is 7.63. The van der Waals surface area contributed by atoms with Crippen molar-refractivity contribution in [3.8, 4) is 0 Å². The maximum atomic E-state index is 6.12. The Hall–Kier alpha value is 0.740. The first-order valence-electron chi connectivity index (χ1n) is 5.58. The smallest absolute Gasteiger partial charge is 0.0865 e. The number of hydrogen-bond acceptors (Lipinski definition) is 2. The Balaban J connectivity index is 2.12. The molecule has 0 spiro atoms. The summed E-state index contributed by atoms with van der Waals surface area (Å²) in [5.74, 6) is 1.67. The molecule has 14 heavy (non-hydrogen) atoms. The van der Waals surface area contributed by atoms with Gasteiger partial charge in [0.05, 0.1) is 13.5 Å². The minimum Gasteiger partial charge on any atom is -0.345 e. The van der Waals surface area contributed by atoms with Gasteiger partial charge in [0.2, 0.25) is 0 Å². The molecular formula is C11H21OPS. The van der Waals surface area contributed by atoms with Crippen LogP contribution in [0.4, 0.5) is 0 Å². The van der Waals surface area contributed by atoms with Crippen LogP contribution in [0.5, 0.6) is 0 Å². The van der Waals surface area contributed by atoms with Crippen LogP contribution in [0.2, 0.25) is 0 Å². The highest BCUT2D eigenvalue weighted by atomic mass is 32.7. The average Bonchev–Trinajstić information content (AvgIpc) is 2.00. The van der Waals surface area contributed by atoms with Crippen LogP contribution in [-0.4, -0.2) is 17.5 Å². The molecular weight excluding hydrogens is 211 g/mol. The number of fused-ring (bicyclic) bond motifs is 1. The lowest BCUT2D eigenvalue weighted by Gasteiger charge is -2.49. The van der Waals surface area contributed by atoms with E-state index in [1.165, 1.54) is 19.3 Å². The van der Waals surface area contributed by atoms with E-state index in [1.54, 1.807) is 0 Å². The summed E-state index contributed by atoms with van der Waals surface area (Å²) in [7, 11) is -0.226. The summed E-state index contributed by atoms with van der Waals surface area (Å²) in [5.41, 5.74) is 0. The Morgan fingerprint density at radius 2 is 2.07 bits per heavy atom. The van der Waals surface area contributed by atoms with E-state index < -0.39 is 0 Å². The minimum absolute atomic E-state index is 0.226. The molecule has 3 heteroatoms. The van der Waals surface area contributed by atoms with Crippen molar-refractivity contribution in [2.45, 2.75) is 50.9 Å². The highest BCUT2D eigenvalue weighted by Gasteiger charge is 2.45. The fourth-order valence-electron chi connectivity index (χ4n) is 2.85. The van der Waals surface area contributed by atoms with Crippen LogP contribution in [0, 0.1) is 11.8 Å². The van der Waals surface area contributed by atoms with Gasteiger partial charge in [0.25, 0.3) is 0 Å². The summed E-state index contributed by atoms with van der Waals surface area (Å²) in [6.07, 6.45) is 4.62. The van der Waals surface area contributed by atoms with Gasteiger partial charge in [-0.3, -0.25) is 0 Å². The molecule has 1 saturated heterocycles. The first-order chi connectivity index (χ1) is 6.49. The molecule has 82 valence electrons. The lowest BCUT2D eigenvalue weighted by molar-refractivity contribution is 0.0626. The van der Waals surface area contributed by atoms with Gasteiger partial charge >= 0.3 is 0 Å². The van der Waals surface area contributed by atoms with Crippen molar-refractivity contribution in [2.24, 2.45) is 11.8 Å². The molecule has 0 aromatic rings. The second-order valence-corrected chi connectivity index (χ2v) is 9.72. The van der Waals surface area contributed by atoms with Gasteiger partial charge < -0.3 is 4.52 Å². The van der Waals surface area contributed by atoms with Crippen LogP contribution < -0.4 is 0 Å². The molecule has 1 aliphatic heterocycles. The van der Waals surface area contributed by atoms with Crippen molar-refractivity contribution in [3.05, 3.63) is 0 Å². The van der Waals surface area contributed by atoms with E-state index in [-0.39, 0.29) is 7.35 Å². The number of hydrogen-bond donors (Lipinski definition) is 0. The van der Waals surface area contributed by atoms with Gasteiger partial charge in [-0.25, -0.2) is 0 Å². The maximum Gasteiger partial charge on any atom is 0.0865 e. The second-order valence-electron chi connectivity index (χ2n) is 5.30. The molecule has 1 nitrogen and oxygen atoms in total. The average molecular weight is 232 g/mol. The summed E-state index contributed by atoms with van der Waals surface area (Å²) in [6.45, 7) is 9.45. The first-order valence-corrected chi connectivity index (χ1v) is 8.71. The second kappa shape index (κ2) is 3.96. The molecule has 0 aromatic carbocycles. The summed E-state index contributed by atoms with van der Waals surface area (Å²) >= 11 is 2.07. The van der Waals surface area contributed by atoms with Gasteiger partial charge in [-0.2, -0.15) is 0 Å². The topological polar surface area (TPSA) is 9.23 Å².